The molecule has 0 heterocycles. The highest BCUT2D eigenvalue weighted by molar-refractivity contribution is 7.89. The molecule has 2 aromatic rings. The van der Waals surface area contributed by atoms with Crippen molar-refractivity contribution in [3.63, 3.8) is 0 Å². The summed E-state index contributed by atoms with van der Waals surface area (Å²) in [5.74, 6) is -1.39. The Morgan fingerprint density at radius 3 is 2.45 bits per heavy atom. The van der Waals surface area contributed by atoms with Gasteiger partial charge < -0.3 is 10.1 Å². The van der Waals surface area contributed by atoms with E-state index in [1.54, 1.807) is 0 Å². The molecule has 0 aromatic heterocycles. The van der Waals surface area contributed by atoms with Crippen molar-refractivity contribution in [1.82, 2.24) is 10.0 Å². The number of amides is 1. The van der Waals surface area contributed by atoms with Gasteiger partial charge in [-0.3, -0.25) is 9.59 Å². The zero-order chi connectivity index (χ0) is 21.6. The number of carbonyl (C=O) groups is 2. The highest BCUT2D eigenvalue weighted by Gasteiger charge is 2.18. The van der Waals surface area contributed by atoms with Gasteiger partial charge in [-0.25, -0.2) is 8.42 Å². The van der Waals surface area contributed by atoms with Crippen molar-refractivity contribution in [1.29, 1.82) is 0 Å². The Morgan fingerprint density at radius 1 is 1.10 bits per heavy atom. The van der Waals surface area contributed by atoms with Crippen molar-refractivity contribution < 1.29 is 22.7 Å². The first kappa shape index (κ1) is 23.2. The Hall–Kier alpha value is -2.13. The van der Waals surface area contributed by atoms with Crippen LogP contribution in [0.1, 0.15) is 24.1 Å². The molecular formula is C19H20Cl2N2O5S. The summed E-state index contributed by atoms with van der Waals surface area (Å²) in [6, 6.07) is 11.1. The first-order chi connectivity index (χ1) is 13.6. The fourth-order valence-electron chi connectivity index (χ4n) is 2.51. The second-order valence-corrected chi connectivity index (χ2v) is 8.79. The molecule has 0 bridgehead atoms. The van der Waals surface area contributed by atoms with Gasteiger partial charge in [0.15, 0.2) is 6.61 Å². The molecule has 1 atom stereocenters. The maximum absolute atomic E-state index is 12.2. The van der Waals surface area contributed by atoms with E-state index in [1.807, 2.05) is 38.1 Å². The Balaban J connectivity index is 1.82. The van der Waals surface area contributed by atoms with Crippen LogP contribution in [0, 0.1) is 6.92 Å². The van der Waals surface area contributed by atoms with E-state index in [0.29, 0.717) is 0 Å². The lowest BCUT2D eigenvalue weighted by Crippen LogP contribution is -2.35. The molecule has 1 amide bonds. The SMILES string of the molecule is Cc1ccccc1C(C)NC(=O)COC(=O)CNS(=O)(=O)c1ccc(Cl)c(Cl)c1. The quantitative estimate of drug-likeness (QED) is 0.591. The van der Waals surface area contributed by atoms with E-state index < -0.39 is 35.1 Å². The topological polar surface area (TPSA) is 102 Å². The monoisotopic (exact) mass is 458 g/mol. The van der Waals surface area contributed by atoms with Crippen LogP contribution in [0.2, 0.25) is 10.0 Å². The summed E-state index contributed by atoms with van der Waals surface area (Å²) in [5, 5.41) is 2.99. The largest absolute Gasteiger partial charge is 0.455 e. The Kier molecular flexibility index (Phi) is 8.04. The van der Waals surface area contributed by atoms with Crippen LogP contribution < -0.4 is 10.0 Å². The number of sulfonamides is 1. The van der Waals surface area contributed by atoms with Gasteiger partial charge in [0.1, 0.15) is 6.54 Å². The number of hydrogen-bond donors (Lipinski definition) is 2. The summed E-state index contributed by atoms with van der Waals surface area (Å²) >= 11 is 11.6. The summed E-state index contributed by atoms with van der Waals surface area (Å²) in [4.78, 5) is 23.6. The third-order valence-corrected chi connectivity index (χ3v) is 6.14. The van der Waals surface area contributed by atoms with Crippen LogP contribution in [0.3, 0.4) is 0 Å². The molecule has 0 saturated heterocycles. The summed E-state index contributed by atoms with van der Waals surface area (Å²) < 4.78 is 31.2. The molecule has 0 aliphatic rings. The van der Waals surface area contributed by atoms with E-state index in [9.17, 15) is 18.0 Å². The number of benzene rings is 2. The summed E-state index contributed by atoms with van der Waals surface area (Å²) in [5.41, 5.74) is 1.97. The molecule has 0 radical (unpaired) electrons. The molecule has 0 aliphatic heterocycles. The highest BCUT2D eigenvalue weighted by atomic mass is 35.5. The number of carbonyl (C=O) groups excluding carboxylic acids is 2. The van der Waals surface area contributed by atoms with Crippen LogP contribution >= 0.6 is 23.2 Å². The zero-order valence-corrected chi connectivity index (χ0v) is 18.1. The van der Waals surface area contributed by atoms with E-state index in [0.717, 1.165) is 17.2 Å². The molecular weight excluding hydrogens is 439 g/mol. The van der Waals surface area contributed by atoms with Gasteiger partial charge in [0.05, 0.1) is 21.0 Å². The molecule has 0 saturated carbocycles. The Bertz CT molecular complexity index is 1010. The zero-order valence-electron chi connectivity index (χ0n) is 15.7. The lowest BCUT2D eigenvalue weighted by Gasteiger charge is -2.16. The van der Waals surface area contributed by atoms with Crippen molar-refractivity contribution >= 4 is 45.1 Å². The van der Waals surface area contributed by atoms with E-state index in [4.69, 9.17) is 27.9 Å². The van der Waals surface area contributed by atoms with E-state index in [2.05, 4.69) is 10.0 Å². The fraction of sp³-hybridized carbons (Fsp3) is 0.263. The van der Waals surface area contributed by atoms with Gasteiger partial charge in [-0.05, 0) is 43.2 Å². The van der Waals surface area contributed by atoms with Crippen molar-refractivity contribution in [3.05, 3.63) is 63.6 Å². The van der Waals surface area contributed by atoms with Gasteiger partial charge >= 0.3 is 5.97 Å². The summed E-state index contributed by atoms with van der Waals surface area (Å²) in [6.07, 6.45) is 0. The van der Waals surface area contributed by atoms with Crippen LogP contribution in [-0.4, -0.2) is 33.4 Å². The number of hydrogen-bond acceptors (Lipinski definition) is 5. The van der Waals surface area contributed by atoms with Gasteiger partial charge in [-0.2, -0.15) is 4.72 Å². The Morgan fingerprint density at radius 2 is 1.79 bits per heavy atom. The maximum Gasteiger partial charge on any atom is 0.321 e. The number of nitrogens with one attached hydrogen (secondary N) is 2. The van der Waals surface area contributed by atoms with Crippen molar-refractivity contribution in [3.8, 4) is 0 Å². The molecule has 1 unspecified atom stereocenters. The van der Waals surface area contributed by atoms with Crippen LogP contribution in [0.25, 0.3) is 0 Å². The minimum Gasteiger partial charge on any atom is -0.455 e. The van der Waals surface area contributed by atoms with Crippen LogP contribution in [0.15, 0.2) is 47.4 Å². The molecule has 2 aromatic carbocycles. The average molecular weight is 459 g/mol. The molecule has 7 nitrogen and oxygen atoms in total. The van der Waals surface area contributed by atoms with Crippen LogP contribution in [-0.2, 0) is 24.3 Å². The number of esters is 1. The average Bonchev–Trinajstić information content (AvgIpc) is 2.67. The number of ether oxygens (including phenoxy) is 1. The van der Waals surface area contributed by atoms with Gasteiger partial charge in [-0.15, -0.1) is 0 Å². The third-order valence-electron chi connectivity index (χ3n) is 4.00. The lowest BCUT2D eigenvalue weighted by atomic mass is 10.0. The Labute approximate surface area is 179 Å². The van der Waals surface area contributed by atoms with Crippen molar-refractivity contribution in [2.24, 2.45) is 0 Å². The molecule has 2 N–H and O–H groups in total. The minimum absolute atomic E-state index is 0.0663. The first-order valence-corrected chi connectivity index (χ1v) is 10.8. The highest BCUT2D eigenvalue weighted by Crippen LogP contribution is 2.24. The predicted octanol–water partition coefficient (Wildman–Crippen LogP) is 3.00. The van der Waals surface area contributed by atoms with Gasteiger partial charge in [0, 0.05) is 0 Å². The molecule has 10 heteroatoms. The predicted molar refractivity (Wildman–Crippen MR) is 110 cm³/mol. The van der Waals surface area contributed by atoms with Gasteiger partial charge in [0.25, 0.3) is 5.91 Å². The molecule has 29 heavy (non-hydrogen) atoms. The number of halogens is 2. The minimum atomic E-state index is -3.99. The van der Waals surface area contributed by atoms with E-state index in [1.165, 1.54) is 12.1 Å². The van der Waals surface area contributed by atoms with E-state index in [-0.39, 0.29) is 21.0 Å². The molecule has 0 fully saturated rings. The lowest BCUT2D eigenvalue weighted by molar-refractivity contribution is -0.147. The van der Waals surface area contributed by atoms with Crippen LogP contribution in [0.5, 0.6) is 0 Å². The second kappa shape index (κ2) is 10.1. The second-order valence-electron chi connectivity index (χ2n) is 6.21. The van der Waals surface area contributed by atoms with E-state index >= 15 is 0 Å². The van der Waals surface area contributed by atoms with Crippen molar-refractivity contribution in [2.75, 3.05) is 13.2 Å². The number of aryl methyl sites for hydroxylation is 1. The maximum atomic E-state index is 12.2. The molecule has 0 spiro atoms. The summed E-state index contributed by atoms with van der Waals surface area (Å²) in [6.45, 7) is 2.58. The van der Waals surface area contributed by atoms with Crippen LogP contribution in [0.4, 0.5) is 0 Å². The van der Waals surface area contributed by atoms with Gasteiger partial charge in [-0.1, -0.05) is 47.5 Å². The standard InChI is InChI=1S/C19H20Cl2N2O5S/c1-12-5-3-4-6-15(12)13(2)23-18(24)11-28-19(25)10-22-29(26,27)14-7-8-16(20)17(21)9-14/h3-9,13,22H,10-11H2,1-2H3,(H,23,24). The first-order valence-electron chi connectivity index (χ1n) is 8.55. The molecule has 2 rings (SSSR count). The summed E-state index contributed by atoms with van der Waals surface area (Å²) in [7, 11) is -3.99. The molecule has 156 valence electrons. The normalized spacial score (nSPS) is 12.3. The molecule has 0 aliphatic carbocycles. The fourth-order valence-corrected chi connectivity index (χ4v) is 3.87. The van der Waals surface area contributed by atoms with Crippen molar-refractivity contribution in [2.45, 2.75) is 24.8 Å². The third kappa shape index (κ3) is 6.71. The smallest absolute Gasteiger partial charge is 0.321 e. The number of rotatable bonds is 8. The van der Waals surface area contributed by atoms with Gasteiger partial charge in [0.2, 0.25) is 10.0 Å².